The van der Waals surface area contributed by atoms with E-state index >= 15 is 0 Å². The third kappa shape index (κ3) is 10.5. The lowest BCUT2D eigenvalue weighted by atomic mass is 9.98. The molecule has 4 aromatic carbocycles. The van der Waals surface area contributed by atoms with E-state index in [9.17, 15) is 24.8 Å². The number of non-ortho nitro benzene ring substituents is 1. The molecule has 12 nitrogen and oxygen atoms in total. The number of carbonyl (C=O) groups excluding carboxylic acids is 1. The molecule has 3 N–H and O–H groups in total. The minimum Gasteiger partial charge on any atom is -0.481 e. The van der Waals surface area contributed by atoms with Crippen molar-refractivity contribution in [3.05, 3.63) is 129 Å². The van der Waals surface area contributed by atoms with Crippen LogP contribution in [0.2, 0.25) is 0 Å². The van der Waals surface area contributed by atoms with E-state index in [1.165, 1.54) is 0 Å². The molecule has 2 aliphatic heterocycles. The number of carboxylic acid groups (broad SMARTS) is 1. The molecule has 3 unspecified atom stereocenters. The second kappa shape index (κ2) is 18.1. The first-order valence-electron chi connectivity index (χ1n) is 18.1. The van der Waals surface area contributed by atoms with Crippen molar-refractivity contribution in [3.8, 4) is 11.1 Å². The van der Waals surface area contributed by atoms with Gasteiger partial charge in [0.15, 0.2) is 6.29 Å². The number of nitro groups is 1. The first-order valence-corrected chi connectivity index (χ1v) is 18.1. The molecule has 2 heterocycles. The number of benzene rings is 4. The van der Waals surface area contributed by atoms with Crippen LogP contribution in [0, 0.1) is 10.1 Å². The van der Waals surface area contributed by atoms with Crippen molar-refractivity contribution in [1.29, 1.82) is 0 Å². The fraction of sp³-hybridized carbons (Fsp3) is 0.366. The average molecular weight is 723 g/mol. The number of amides is 1. The third-order valence-electron chi connectivity index (χ3n) is 9.85. The van der Waals surface area contributed by atoms with Gasteiger partial charge in [-0.05, 0) is 58.9 Å². The lowest BCUT2D eigenvalue weighted by Crippen LogP contribution is -2.49. The summed E-state index contributed by atoms with van der Waals surface area (Å²) in [7, 11) is 0. The maximum atomic E-state index is 12.3. The van der Waals surface area contributed by atoms with Gasteiger partial charge in [-0.25, -0.2) is 0 Å². The first kappa shape index (κ1) is 37.6. The zero-order valence-electron chi connectivity index (χ0n) is 29.6. The second-order valence-corrected chi connectivity index (χ2v) is 13.6. The Morgan fingerprint density at radius 3 is 2.19 bits per heavy atom. The number of aliphatic carboxylic acids is 1. The Labute approximate surface area is 309 Å². The van der Waals surface area contributed by atoms with Crippen LogP contribution in [-0.4, -0.2) is 70.7 Å². The number of nitrogens with zero attached hydrogens (tertiary/aromatic N) is 3. The molecule has 0 bridgehead atoms. The summed E-state index contributed by atoms with van der Waals surface area (Å²) in [6, 6.07) is 30.8. The highest BCUT2D eigenvalue weighted by molar-refractivity contribution is 5.76. The van der Waals surface area contributed by atoms with E-state index in [0.717, 1.165) is 71.8 Å². The van der Waals surface area contributed by atoms with Crippen molar-refractivity contribution in [2.45, 2.75) is 63.8 Å². The highest BCUT2D eigenvalue weighted by Gasteiger charge is 2.34. The molecule has 6 rings (SSSR count). The Hall–Kier alpha value is -5.14. The highest BCUT2D eigenvalue weighted by atomic mass is 16.7. The maximum Gasteiger partial charge on any atom is 0.303 e. The highest BCUT2D eigenvalue weighted by Crippen LogP contribution is 2.39. The zero-order chi connectivity index (χ0) is 37.2. The van der Waals surface area contributed by atoms with E-state index in [0.29, 0.717) is 32.2 Å². The number of aliphatic hydroxyl groups excluding tert-OH is 1. The number of unbranched alkanes of at least 4 members (excludes halogenated alkanes) is 1. The lowest BCUT2D eigenvalue weighted by molar-refractivity contribution is -0.384. The number of piperazine rings is 1. The van der Waals surface area contributed by atoms with Crippen molar-refractivity contribution >= 4 is 23.3 Å². The van der Waals surface area contributed by atoms with E-state index in [1.807, 2.05) is 78.9 Å². The molecule has 53 heavy (non-hydrogen) atoms. The van der Waals surface area contributed by atoms with Crippen LogP contribution < -0.4 is 10.2 Å². The van der Waals surface area contributed by atoms with Crippen LogP contribution in [0.25, 0.3) is 11.1 Å². The monoisotopic (exact) mass is 722 g/mol. The van der Waals surface area contributed by atoms with Crippen molar-refractivity contribution in [2.75, 3.05) is 37.6 Å². The quantitative estimate of drug-likeness (QED) is 0.0715. The number of carbonyl (C=O) groups is 2. The van der Waals surface area contributed by atoms with Gasteiger partial charge >= 0.3 is 5.97 Å². The van der Waals surface area contributed by atoms with Crippen LogP contribution in [0.3, 0.4) is 0 Å². The predicted octanol–water partition coefficient (Wildman–Crippen LogP) is 6.38. The molecule has 0 aromatic heterocycles. The van der Waals surface area contributed by atoms with Gasteiger partial charge < -0.3 is 29.9 Å². The van der Waals surface area contributed by atoms with Gasteiger partial charge in [0.05, 0.1) is 23.7 Å². The molecule has 0 spiro atoms. The number of aliphatic hydroxyl groups is 1. The number of ether oxygens (including phenoxy) is 2. The smallest absolute Gasteiger partial charge is 0.303 e. The van der Waals surface area contributed by atoms with Gasteiger partial charge in [0, 0.05) is 81.9 Å². The van der Waals surface area contributed by atoms with E-state index < -0.39 is 12.3 Å². The summed E-state index contributed by atoms with van der Waals surface area (Å²) in [6.45, 7) is 4.39. The van der Waals surface area contributed by atoms with Crippen LogP contribution in [0.5, 0.6) is 0 Å². The predicted molar refractivity (Wildman–Crippen MR) is 200 cm³/mol. The van der Waals surface area contributed by atoms with Gasteiger partial charge in [0.25, 0.3) is 5.69 Å². The van der Waals surface area contributed by atoms with E-state index in [2.05, 4.69) is 21.2 Å². The lowest BCUT2D eigenvalue weighted by Gasteiger charge is -2.41. The molecule has 12 heteroatoms. The topological polar surface area (TPSA) is 155 Å². The SMILES string of the molecule is O=C(O)CCCCC(=O)NCc1cccc(-c2ccc(C3OC(CN4CCN(c5ccc([N+](=O)[O-])cc5)CC4)CC(c4ccc(CO)cc4)O3)cc2)c1. The standard InChI is InChI=1S/C41H46N4O8/c46-28-29-8-10-32(11-9-29)38-25-37(27-43-20-22-44(23-21-43)35-16-18-36(19-17-35)45(50)51)52-41(53-38)33-14-12-31(13-15-33)34-5-3-4-30(24-34)26-42-39(47)6-1-2-7-40(48)49/h3-5,8-19,24,37-38,41,46H,1-2,6-7,20-23,25-28H2,(H,42,47)(H,48,49). The van der Waals surface area contributed by atoms with Crippen LogP contribution in [0.15, 0.2) is 97.1 Å². The van der Waals surface area contributed by atoms with Crippen molar-refractivity contribution < 1.29 is 34.2 Å². The summed E-state index contributed by atoms with van der Waals surface area (Å²) in [4.78, 5) is 38.3. The number of rotatable bonds is 15. The summed E-state index contributed by atoms with van der Waals surface area (Å²) in [5, 5.41) is 32.4. The number of nitrogens with one attached hydrogen (secondary N) is 1. The Balaban J connectivity index is 1.09. The number of carboxylic acids is 1. The molecule has 278 valence electrons. The molecule has 3 atom stereocenters. The first-order chi connectivity index (χ1) is 25.7. The van der Waals surface area contributed by atoms with E-state index in [4.69, 9.17) is 14.6 Å². The number of hydrogen-bond donors (Lipinski definition) is 3. The third-order valence-corrected chi connectivity index (χ3v) is 9.85. The van der Waals surface area contributed by atoms with Crippen molar-refractivity contribution in [1.82, 2.24) is 10.2 Å². The number of nitro benzene ring substituents is 1. The number of anilines is 1. The van der Waals surface area contributed by atoms with Crippen LogP contribution in [0.4, 0.5) is 11.4 Å². The zero-order valence-corrected chi connectivity index (χ0v) is 29.6. The molecule has 0 radical (unpaired) electrons. The molecule has 2 saturated heterocycles. The van der Waals surface area contributed by atoms with Gasteiger partial charge in [-0.15, -0.1) is 0 Å². The molecule has 0 aliphatic carbocycles. The van der Waals surface area contributed by atoms with Crippen LogP contribution >= 0.6 is 0 Å². The normalized spacial score (nSPS) is 19.1. The minimum atomic E-state index is -0.849. The van der Waals surface area contributed by atoms with Crippen molar-refractivity contribution in [3.63, 3.8) is 0 Å². The minimum absolute atomic E-state index is 0.0217. The molecular formula is C41H46N4O8. The fourth-order valence-corrected chi connectivity index (χ4v) is 6.84. The summed E-state index contributed by atoms with van der Waals surface area (Å²) in [5.74, 6) is -0.943. The molecular weight excluding hydrogens is 676 g/mol. The molecule has 2 fully saturated rings. The Morgan fingerprint density at radius 1 is 0.811 bits per heavy atom. The van der Waals surface area contributed by atoms with Crippen molar-refractivity contribution in [2.24, 2.45) is 0 Å². The second-order valence-electron chi connectivity index (χ2n) is 13.6. The largest absolute Gasteiger partial charge is 0.481 e. The van der Waals surface area contributed by atoms with E-state index in [-0.39, 0.29) is 41.8 Å². The van der Waals surface area contributed by atoms with Gasteiger partial charge in [-0.3, -0.25) is 24.6 Å². The average Bonchev–Trinajstić information content (AvgIpc) is 3.19. The van der Waals surface area contributed by atoms with Gasteiger partial charge in [-0.1, -0.05) is 66.7 Å². The summed E-state index contributed by atoms with van der Waals surface area (Å²) < 4.78 is 13.2. The molecule has 1 amide bonds. The summed E-state index contributed by atoms with van der Waals surface area (Å²) >= 11 is 0. The summed E-state index contributed by atoms with van der Waals surface area (Å²) in [6.07, 6.45) is 1.21. The van der Waals surface area contributed by atoms with Gasteiger partial charge in [-0.2, -0.15) is 0 Å². The van der Waals surface area contributed by atoms with Gasteiger partial charge in [0.1, 0.15) is 0 Å². The van der Waals surface area contributed by atoms with E-state index in [1.54, 1.807) is 12.1 Å². The Bertz CT molecular complexity index is 1830. The fourth-order valence-electron chi connectivity index (χ4n) is 6.84. The molecule has 0 saturated carbocycles. The van der Waals surface area contributed by atoms with Crippen LogP contribution in [-0.2, 0) is 32.2 Å². The molecule has 4 aromatic rings. The summed E-state index contributed by atoms with van der Waals surface area (Å²) in [5.41, 5.74) is 6.85. The van der Waals surface area contributed by atoms with Crippen LogP contribution in [0.1, 0.15) is 66.8 Å². The number of hydrogen-bond acceptors (Lipinski definition) is 9. The van der Waals surface area contributed by atoms with Gasteiger partial charge in [0.2, 0.25) is 5.91 Å². The molecule has 2 aliphatic rings. The Kier molecular flexibility index (Phi) is 12.8. The Morgan fingerprint density at radius 2 is 1.51 bits per heavy atom. The maximum absolute atomic E-state index is 12.3.